The molecular formula is C14H11FO3. The van der Waals surface area contributed by atoms with Crippen molar-refractivity contribution in [2.45, 2.75) is 0 Å². The Kier molecular flexibility index (Phi) is 3.57. The minimum Gasteiger partial charge on any atom is -0.496 e. The molecule has 1 aromatic carbocycles. The number of rotatable bonds is 3. The van der Waals surface area contributed by atoms with Crippen molar-refractivity contribution in [2.75, 3.05) is 7.11 Å². The molecule has 0 saturated heterocycles. The predicted octanol–water partition coefficient (Wildman–Crippen LogP) is 2.96. The first-order valence-electron chi connectivity index (χ1n) is 5.30. The zero-order chi connectivity index (χ0) is 13.0. The highest BCUT2D eigenvalue weighted by molar-refractivity contribution is 5.67. The lowest BCUT2D eigenvalue weighted by atomic mass is 10.2. The second-order valence-electron chi connectivity index (χ2n) is 3.60. The maximum atomic E-state index is 12.7. The second kappa shape index (κ2) is 5.31. The van der Waals surface area contributed by atoms with Crippen molar-refractivity contribution in [2.24, 2.45) is 0 Å². The summed E-state index contributed by atoms with van der Waals surface area (Å²) in [6.07, 6.45) is 3.34. The molecule has 2 rings (SSSR count). The fourth-order valence-corrected chi connectivity index (χ4v) is 1.43. The van der Waals surface area contributed by atoms with E-state index in [1.165, 1.54) is 25.3 Å². The lowest BCUT2D eigenvalue weighted by molar-refractivity contribution is 0.400. The topological polar surface area (TPSA) is 39.4 Å². The molecule has 0 unspecified atom stereocenters. The van der Waals surface area contributed by atoms with E-state index < -0.39 is 5.63 Å². The van der Waals surface area contributed by atoms with Gasteiger partial charge in [0, 0.05) is 6.07 Å². The number of methoxy groups -OCH3 is 1. The van der Waals surface area contributed by atoms with Crippen LogP contribution in [0.3, 0.4) is 0 Å². The summed E-state index contributed by atoms with van der Waals surface area (Å²) in [7, 11) is 1.47. The van der Waals surface area contributed by atoms with E-state index in [2.05, 4.69) is 0 Å². The molecule has 0 fully saturated rings. The standard InChI is InChI=1S/C14H11FO3/c1-17-13-8-12(18-14(16)9-13)7-4-10-2-5-11(15)6-3-10/h2-9H,1H3/b7-4+. The summed E-state index contributed by atoms with van der Waals surface area (Å²) in [5.41, 5.74) is 0.329. The van der Waals surface area contributed by atoms with Crippen molar-refractivity contribution in [1.29, 1.82) is 0 Å². The smallest absolute Gasteiger partial charge is 0.339 e. The van der Waals surface area contributed by atoms with Gasteiger partial charge in [-0.3, -0.25) is 0 Å². The molecule has 4 heteroatoms. The van der Waals surface area contributed by atoms with Crippen molar-refractivity contribution in [1.82, 2.24) is 0 Å². The maximum absolute atomic E-state index is 12.7. The van der Waals surface area contributed by atoms with Crippen LogP contribution in [0.5, 0.6) is 5.75 Å². The average molecular weight is 246 g/mol. The molecule has 2 aromatic rings. The first kappa shape index (κ1) is 12.1. The molecule has 0 aliphatic rings. The van der Waals surface area contributed by atoms with Crippen LogP contribution in [0, 0.1) is 5.82 Å². The number of ether oxygens (including phenoxy) is 1. The fourth-order valence-electron chi connectivity index (χ4n) is 1.43. The normalized spacial score (nSPS) is 10.8. The molecule has 0 radical (unpaired) electrons. The number of hydrogen-bond acceptors (Lipinski definition) is 3. The number of halogens is 1. The molecule has 0 saturated carbocycles. The molecule has 92 valence electrons. The average Bonchev–Trinajstić information content (AvgIpc) is 2.37. The zero-order valence-electron chi connectivity index (χ0n) is 9.72. The van der Waals surface area contributed by atoms with Gasteiger partial charge < -0.3 is 9.15 Å². The molecule has 1 heterocycles. The van der Waals surface area contributed by atoms with Gasteiger partial charge in [-0.25, -0.2) is 9.18 Å². The van der Waals surface area contributed by atoms with Gasteiger partial charge in [-0.15, -0.1) is 0 Å². The van der Waals surface area contributed by atoms with E-state index >= 15 is 0 Å². The molecular weight excluding hydrogens is 235 g/mol. The van der Waals surface area contributed by atoms with Crippen LogP contribution < -0.4 is 10.4 Å². The van der Waals surface area contributed by atoms with E-state index in [-0.39, 0.29) is 5.82 Å². The summed E-state index contributed by atoms with van der Waals surface area (Å²) < 4.78 is 22.6. The molecule has 0 aliphatic heterocycles. The summed E-state index contributed by atoms with van der Waals surface area (Å²) in [5, 5.41) is 0. The van der Waals surface area contributed by atoms with Crippen LogP contribution in [0.2, 0.25) is 0 Å². The summed E-state index contributed by atoms with van der Waals surface area (Å²) in [5.74, 6) is 0.522. The minimum absolute atomic E-state index is 0.292. The molecule has 0 N–H and O–H groups in total. The van der Waals surface area contributed by atoms with E-state index in [1.807, 2.05) is 0 Å². The molecule has 1 aromatic heterocycles. The molecule has 0 spiro atoms. The van der Waals surface area contributed by atoms with E-state index in [0.717, 1.165) is 5.56 Å². The van der Waals surface area contributed by atoms with Gasteiger partial charge >= 0.3 is 5.63 Å². The van der Waals surface area contributed by atoms with Gasteiger partial charge in [0.05, 0.1) is 13.2 Å². The highest BCUT2D eigenvalue weighted by Crippen LogP contribution is 2.13. The van der Waals surface area contributed by atoms with Crippen molar-refractivity contribution in [3.8, 4) is 5.75 Å². The zero-order valence-corrected chi connectivity index (χ0v) is 9.72. The van der Waals surface area contributed by atoms with E-state index in [0.29, 0.717) is 11.5 Å². The molecule has 0 atom stereocenters. The maximum Gasteiger partial charge on any atom is 0.339 e. The van der Waals surface area contributed by atoms with Gasteiger partial charge in [0.2, 0.25) is 0 Å². The molecule has 0 amide bonds. The Bertz CT molecular complexity index is 612. The third kappa shape index (κ3) is 3.07. The summed E-state index contributed by atoms with van der Waals surface area (Å²) in [6, 6.07) is 8.84. The monoisotopic (exact) mass is 246 g/mol. The molecule has 0 bridgehead atoms. The van der Waals surface area contributed by atoms with Crippen LogP contribution in [-0.4, -0.2) is 7.11 Å². The van der Waals surface area contributed by atoms with Crippen molar-refractivity contribution >= 4 is 12.2 Å². The van der Waals surface area contributed by atoms with Crippen molar-refractivity contribution in [3.05, 3.63) is 64.0 Å². The van der Waals surface area contributed by atoms with Gasteiger partial charge in [-0.1, -0.05) is 18.2 Å². The Hall–Kier alpha value is -2.36. The summed E-state index contributed by atoms with van der Waals surface area (Å²) in [6.45, 7) is 0. The SMILES string of the molecule is COc1cc(/C=C/c2ccc(F)cc2)oc(=O)c1. The molecule has 18 heavy (non-hydrogen) atoms. The third-order valence-electron chi connectivity index (χ3n) is 2.31. The van der Waals surface area contributed by atoms with Crippen molar-refractivity contribution < 1.29 is 13.5 Å². The number of benzene rings is 1. The third-order valence-corrected chi connectivity index (χ3v) is 2.31. The Labute approximate surface area is 103 Å². The van der Waals surface area contributed by atoms with E-state index in [9.17, 15) is 9.18 Å². The van der Waals surface area contributed by atoms with Crippen molar-refractivity contribution in [3.63, 3.8) is 0 Å². The Morgan fingerprint density at radius 1 is 1.17 bits per heavy atom. The van der Waals surface area contributed by atoms with E-state index in [4.69, 9.17) is 9.15 Å². The molecule has 0 aliphatic carbocycles. The van der Waals surface area contributed by atoms with Crippen LogP contribution in [0.15, 0.2) is 45.6 Å². The highest BCUT2D eigenvalue weighted by Gasteiger charge is 1.98. The molecule has 3 nitrogen and oxygen atoms in total. The van der Waals surface area contributed by atoms with Crippen LogP contribution in [0.4, 0.5) is 4.39 Å². The van der Waals surface area contributed by atoms with Gasteiger partial charge in [-0.2, -0.15) is 0 Å². The summed E-state index contributed by atoms with van der Waals surface area (Å²) >= 11 is 0. The lowest BCUT2D eigenvalue weighted by Gasteiger charge is -1.98. The Balaban J connectivity index is 2.25. The summed E-state index contributed by atoms with van der Waals surface area (Å²) in [4.78, 5) is 11.2. The minimum atomic E-state index is -0.479. The Morgan fingerprint density at radius 3 is 2.56 bits per heavy atom. The van der Waals surface area contributed by atoms with Gasteiger partial charge in [0.15, 0.2) is 0 Å². The highest BCUT2D eigenvalue weighted by atomic mass is 19.1. The lowest BCUT2D eigenvalue weighted by Crippen LogP contribution is -1.98. The fraction of sp³-hybridized carbons (Fsp3) is 0.0714. The van der Waals surface area contributed by atoms with Gasteiger partial charge in [0.1, 0.15) is 17.3 Å². The van der Waals surface area contributed by atoms with Crippen LogP contribution in [-0.2, 0) is 0 Å². The second-order valence-corrected chi connectivity index (χ2v) is 3.60. The van der Waals surface area contributed by atoms with Crippen LogP contribution in [0.25, 0.3) is 12.2 Å². The quantitative estimate of drug-likeness (QED) is 0.835. The largest absolute Gasteiger partial charge is 0.496 e. The first-order chi connectivity index (χ1) is 8.67. The van der Waals surface area contributed by atoms with Crippen LogP contribution >= 0.6 is 0 Å². The van der Waals surface area contributed by atoms with Gasteiger partial charge in [0.25, 0.3) is 0 Å². The van der Waals surface area contributed by atoms with E-state index in [1.54, 1.807) is 30.4 Å². The Morgan fingerprint density at radius 2 is 1.89 bits per heavy atom. The number of hydrogen-bond donors (Lipinski definition) is 0. The van der Waals surface area contributed by atoms with Gasteiger partial charge in [-0.05, 0) is 23.8 Å². The predicted molar refractivity (Wildman–Crippen MR) is 66.9 cm³/mol. The van der Waals surface area contributed by atoms with Crippen LogP contribution in [0.1, 0.15) is 11.3 Å². The first-order valence-corrected chi connectivity index (χ1v) is 5.30.